The first-order chi connectivity index (χ1) is 13.1. The van der Waals surface area contributed by atoms with Gasteiger partial charge in [0.2, 0.25) is 11.2 Å². The van der Waals surface area contributed by atoms with E-state index in [1.807, 2.05) is 6.07 Å². The molecule has 0 aliphatic rings. The molecule has 0 N–H and O–H groups in total. The number of rotatable bonds is 4. The van der Waals surface area contributed by atoms with Crippen LogP contribution in [0.2, 0.25) is 0 Å². The van der Waals surface area contributed by atoms with Crippen LogP contribution >= 0.6 is 0 Å². The molecule has 0 bridgehead atoms. The smallest absolute Gasteiger partial charge is 0.339 e. The molecular weight excluding hydrogens is 364 g/mol. The monoisotopic (exact) mass is 378 g/mol. The Bertz CT molecular complexity index is 1260. The molecule has 0 unspecified atom stereocenters. The summed E-state index contributed by atoms with van der Waals surface area (Å²) in [5.74, 6) is -0.289. The standard InChI is InChI=1S/C21H14O5S/c22-19-17-13-7-8-14-18(17)25-20(15-9-3-1-4-10-15)21(19)26-27(23,24)16-11-5-2-6-12-16/h1-14H. The minimum absolute atomic E-state index is 0.0448. The molecule has 4 aromatic rings. The molecule has 0 saturated carbocycles. The minimum Gasteiger partial charge on any atom is -0.452 e. The number of para-hydroxylation sites is 1. The summed E-state index contributed by atoms with van der Waals surface area (Å²) >= 11 is 0. The van der Waals surface area contributed by atoms with Crippen LogP contribution in [0.25, 0.3) is 22.3 Å². The van der Waals surface area contributed by atoms with Gasteiger partial charge in [0.25, 0.3) is 0 Å². The second-order valence-electron chi connectivity index (χ2n) is 5.80. The third-order valence-corrected chi connectivity index (χ3v) is 5.25. The van der Waals surface area contributed by atoms with Gasteiger partial charge in [0.1, 0.15) is 10.5 Å². The van der Waals surface area contributed by atoms with Gasteiger partial charge in [-0.05, 0) is 24.3 Å². The van der Waals surface area contributed by atoms with E-state index in [4.69, 9.17) is 8.60 Å². The lowest BCUT2D eigenvalue weighted by molar-refractivity contribution is 0.472. The van der Waals surface area contributed by atoms with E-state index in [0.717, 1.165) is 0 Å². The van der Waals surface area contributed by atoms with Gasteiger partial charge in [-0.25, -0.2) is 0 Å². The van der Waals surface area contributed by atoms with Crippen LogP contribution in [0.1, 0.15) is 0 Å². The molecule has 5 nitrogen and oxygen atoms in total. The molecule has 1 heterocycles. The van der Waals surface area contributed by atoms with Crippen molar-refractivity contribution in [1.82, 2.24) is 0 Å². The van der Waals surface area contributed by atoms with Gasteiger partial charge in [-0.15, -0.1) is 0 Å². The SMILES string of the molecule is O=c1c(OS(=O)(=O)c2ccccc2)c(-c2ccccc2)oc2ccccc12. The van der Waals surface area contributed by atoms with Gasteiger partial charge in [-0.2, -0.15) is 8.42 Å². The van der Waals surface area contributed by atoms with Crippen molar-refractivity contribution in [3.63, 3.8) is 0 Å². The molecule has 4 rings (SSSR count). The predicted molar refractivity (Wildman–Crippen MR) is 102 cm³/mol. The highest BCUT2D eigenvalue weighted by molar-refractivity contribution is 7.87. The van der Waals surface area contributed by atoms with Crippen molar-refractivity contribution in [2.24, 2.45) is 0 Å². The van der Waals surface area contributed by atoms with E-state index in [1.165, 1.54) is 12.1 Å². The Morgan fingerprint density at radius 1 is 0.741 bits per heavy atom. The average molecular weight is 378 g/mol. The van der Waals surface area contributed by atoms with Gasteiger partial charge in [0, 0.05) is 5.56 Å². The van der Waals surface area contributed by atoms with Crippen LogP contribution in [-0.2, 0) is 10.1 Å². The summed E-state index contributed by atoms with van der Waals surface area (Å²) in [4.78, 5) is 12.9. The van der Waals surface area contributed by atoms with Crippen LogP contribution in [0, 0.1) is 0 Å². The van der Waals surface area contributed by atoms with E-state index in [2.05, 4.69) is 0 Å². The number of fused-ring (bicyclic) bond motifs is 1. The van der Waals surface area contributed by atoms with E-state index in [0.29, 0.717) is 11.1 Å². The highest BCUT2D eigenvalue weighted by Gasteiger charge is 2.24. The summed E-state index contributed by atoms with van der Waals surface area (Å²) < 4.78 is 36.5. The first-order valence-corrected chi connectivity index (χ1v) is 9.58. The summed E-state index contributed by atoms with van der Waals surface area (Å²) in [5, 5.41) is 0.246. The van der Waals surface area contributed by atoms with Gasteiger partial charge < -0.3 is 8.60 Å². The molecular formula is C21H14O5S. The second-order valence-corrected chi connectivity index (χ2v) is 7.35. The predicted octanol–water partition coefficient (Wildman–Crippen LogP) is 4.23. The fourth-order valence-electron chi connectivity index (χ4n) is 2.73. The number of hydrogen-bond donors (Lipinski definition) is 0. The van der Waals surface area contributed by atoms with Gasteiger partial charge >= 0.3 is 10.1 Å². The topological polar surface area (TPSA) is 73.6 Å². The number of benzene rings is 3. The molecule has 3 aromatic carbocycles. The highest BCUT2D eigenvalue weighted by Crippen LogP contribution is 2.32. The largest absolute Gasteiger partial charge is 0.452 e. The number of hydrogen-bond acceptors (Lipinski definition) is 5. The van der Waals surface area contributed by atoms with Crippen LogP contribution in [0.4, 0.5) is 0 Å². The van der Waals surface area contributed by atoms with E-state index < -0.39 is 15.5 Å². The van der Waals surface area contributed by atoms with Crippen LogP contribution in [0.5, 0.6) is 5.75 Å². The van der Waals surface area contributed by atoms with Crippen molar-refractivity contribution in [1.29, 1.82) is 0 Å². The van der Waals surface area contributed by atoms with E-state index >= 15 is 0 Å². The molecule has 0 fully saturated rings. The highest BCUT2D eigenvalue weighted by atomic mass is 32.2. The van der Waals surface area contributed by atoms with Crippen molar-refractivity contribution in [2.75, 3.05) is 0 Å². The molecule has 0 radical (unpaired) electrons. The minimum atomic E-state index is -4.19. The molecule has 0 spiro atoms. The van der Waals surface area contributed by atoms with Gasteiger partial charge in [-0.3, -0.25) is 4.79 Å². The maximum Gasteiger partial charge on any atom is 0.339 e. The van der Waals surface area contributed by atoms with Gasteiger partial charge in [-0.1, -0.05) is 60.7 Å². The Morgan fingerprint density at radius 3 is 2.04 bits per heavy atom. The van der Waals surface area contributed by atoms with Crippen molar-refractivity contribution in [3.8, 4) is 17.1 Å². The normalized spacial score (nSPS) is 11.4. The lowest BCUT2D eigenvalue weighted by Gasteiger charge is -2.11. The van der Waals surface area contributed by atoms with E-state index in [-0.39, 0.29) is 21.8 Å². The zero-order valence-corrected chi connectivity index (χ0v) is 14.8. The van der Waals surface area contributed by atoms with Crippen LogP contribution < -0.4 is 9.61 Å². The van der Waals surface area contributed by atoms with Crippen molar-refractivity contribution in [3.05, 3.63) is 95.2 Å². The van der Waals surface area contributed by atoms with Crippen LogP contribution in [0.15, 0.2) is 99.0 Å². The molecule has 0 saturated heterocycles. The summed E-state index contributed by atoms with van der Waals surface area (Å²) in [6.07, 6.45) is 0. The van der Waals surface area contributed by atoms with Crippen molar-refractivity contribution >= 4 is 21.1 Å². The molecule has 6 heteroatoms. The van der Waals surface area contributed by atoms with Crippen LogP contribution in [0.3, 0.4) is 0 Å². The first kappa shape index (κ1) is 17.1. The molecule has 0 amide bonds. The molecule has 1 aromatic heterocycles. The van der Waals surface area contributed by atoms with Gasteiger partial charge in [0.15, 0.2) is 5.76 Å². The summed E-state index contributed by atoms with van der Waals surface area (Å²) in [5.41, 5.74) is 0.347. The fraction of sp³-hybridized carbons (Fsp3) is 0. The Balaban J connectivity index is 1.96. The third-order valence-electron chi connectivity index (χ3n) is 4.02. The van der Waals surface area contributed by atoms with Crippen LogP contribution in [-0.4, -0.2) is 8.42 Å². The van der Waals surface area contributed by atoms with Crippen molar-refractivity contribution in [2.45, 2.75) is 4.90 Å². The molecule has 0 aliphatic carbocycles. The molecule has 0 aliphatic heterocycles. The summed E-state index contributed by atoms with van der Waals surface area (Å²) in [7, 11) is -4.19. The molecule has 0 atom stereocenters. The lowest BCUT2D eigenvalue weighted by Crippen LogP contribution is -2.16. The first-order valence-electron chi connectivity index (χ1n) is 8.17. The zero-order chi connectivity index (χ0) is 18.9. The molecule has 27 heavy (non-hydrogen) atoms. The summed E-state index contributed by atoms with van der Waals surface area (Å²) in [6.45, 7) is 0. The summed E-state index contributed by atoms with van der Waals surface area (Å²) in [6, 6.07) is 23.1. The Morgan fingerprint density at radius 2 is 1.33 bits per heavy atom. The van der Waals surface area contributed by atoms with Crippen molar-refractivity contribution < 1.29 is 17.0 Å². The maximum absolute atomic E-state index is 13.0. The third kappa shape index (κ3) is 3.22. The average Bonchev–Trinajstić information content (AvgIpc) is 2.71. The lowest BCUT2D eigenvalue weighted by atomic mass is 10.1. The van der Waals surface area contributed by atoms with E-state index in [1.54, 1.807) is 66.7 Å². The maximum atomic E-state index is 13.0. The Kier molecular flexibility index (Phi) is 4.25. The Labute approximate surface area is 155 Å². The zero-order valence-electron chi connectivity index (χ0n) is 14.0. The van der Waals surface area contributed by atoms with Gasteiger partial charge in [0.05, 0.1) is 5.39 Å². The Hall–Kier alpha value is -3.38. The fourth-order valence-corrected chi connectivity index (χ4v) is 3.68. The quantitative estimate of drug-likeness (QED) is 0.497. The second kappa shape index (κ2) is 6.74. The molecule has 134 valence electrons. The van der Waals surface area contributed by atoms with E-state index in [9.17, 15) is 13.2 Å².